The summed E-state index contributed by atoms with van der Waals surface area (Å²) in [6, 6.07) is 10.8. The lowest BCUT2D eigenvalue weighted by atomic mass is 10.1. The average Bonchev–Trinajstić information content (AvgIpc) is 3.42. The molecule has 0 spiro atoms. The predicted octanol–water partition coefficient (Wildman–Crippen LogP) is 3.57. The van der Waals surface area contributed by atoms with Crippen molar-refractivity contribution in [1.29, 1.82) is 0 Å². The number of aliphatic imine (C=N–C) groups is 1. The summed E-state index contributed by atoms with van der Waals surface area (Å²) in [6.07, 6.45) is 6.10. The molecular formula is C21H30IN7S. The molecule has 7 nitrogen and oxygen atoms in total. The number of aryl methyl sites for hydroxylation is 1. The van der Waals surface area contributed by atoms with Crippen molar-refractivity contribution in [1.82, 2.24) is 25.2 Å². The Morgan fingerprint density at radius 2 is 2.07 bits per heavy atom. The van der Waals surface area contributed by atoms with Gasteiger partial charge in [-0.05, 0) is 55.8 Å². The Morgan fingerprint density at radius 1 is 1.20 bits per heavy atom. The van der Waals surface area contributed by atoms with Crippen molar-refractivity contribution in [3.05, 3.63) is 47.7 Å². The quantitative estimate of drug-likeness (QED) is 0.208. The minimum absolute atomic E-state index is 0. The molecule has 30 heavy (non-hydrogen) atoms. The van der Waals surface area contributed by atoms with Crippen LogP contribution in [0.2, 0.25) is 0 Å². The lowest BCUT2D eigenvalue weighted by molar-refractivity contribution is 0.462. The first-order valence-electron chi connectivity index (χ1n) is 10.5. The summed E-state index contributed by atoms with van der Waals surface area (Å²) < 4.78 is 2.05. The van der Waals surface area contributed by atoms with Gasteiger partial charge in [0.05, 0.1) is 5.00 Å². The summed E-state index contributed by atoms with van der Waals surface area (Å²) in [7, 11) is 0. The molecule has 4 heterocycles. The van der Waals surface area contributed by atoms with E-state index in [-0.39, 0.29) is 24.0 Å². The van der Waals surface area contributed by atoms with Crippen LogP contribution in [0.25, 0.3) is 5.65 Å². The molecule has 0 radical (unpaired) electrons. The fourth-order valence-electron chi connectivity index (χ4n) is 3.70. The van der Waals surface area contributed by atoms with Gasteiger partial charge in [0.2, 0.25) is 0 Å². The van der Waals surface area contributed by atoms with Crippen LogP contribution in [0.1, 0.15) is 32.0 Å². The van der Waals surface area contributed by atoms with Gasteiger partial charge >= 0.3 is 0 Å². The molecule has 3 aromatic rings. The van der Waals surface area contributed by atoms with Gasteiger partial charge in [0.15, 0.2) is 11.6 Å². The second-order valence-corrected chi connectivity index (χ2v) is 8.19. The topological polar surface area (TPSA) is 69.8 Å². The number of nitrogens with one attached hydrogen (secondary N) is 2. The zero-order chi connectivity index (χ0) is 19.9. The molecule has 162 valence electrons. The van der Waals surface area contributed by atoms with E-state index in [0.717, 1.165) is 69.3 Å². The van der Waals surface area contributed by atoms with Gasteiger partial charge in [-0.3, -0.25) is 9.39 Å². The normalized spacial score (nSPS) is 15.2. The highest BCUT2D eigenvalue weighted by Gasteiger charge is 2.20. The molecule has 1 aliphatic rings. The van der Waals surface area contributed by atoms with Gasteiger partial charge < -0.3 is 15.5 Å². The van der Waals surface area contributed by atoms with E-state index in [1.165, 1.54) is 5.00 Å². The number of hydrogen-bond acceptors (Lipinski definition) is 5. The standard InChI is InChI=1S/C21H29N7S.HI/c1-2-22-21(24-17-10-14-27(15-11-17)20-9-6-16-29-20)23-12-5-8-19-26-25-18-7-3-4-13-28(18)19;/h3-4,6-7,9,13,16-17H,2,5,8,10-12,14-15H2,1H3,(H2,22,23,24);1H. The third kappa shape index (κ3) is 5.84. The van der Waals surface area contributed by atoms with E-state index >= 15 is 0 Å². The molecule has 3 aromatic heterocycles. The molecule has 0 saturated carbocycles. The van der Waals surface area contributed by atoms with Gasteiger partial charge in [0, 0.05) is 44.8 Å². The number of thiophene rings is 1. The SMILES string of the molecule is CCNC(=NCCCc1nnc2ccccn12)NC1CCN(c2cccs2)CC1.I. The molecule has 0 aromatic carbocycles. The smallest absolute Gasteiger partial charge is 0.191 e. The van der Waals surface area contributed by atoms with Crippen molar-refractivity contribution in [3.8, 4) is 0 Å². The average molecular weight is 539 g/mol. The van der Waals surface area contributed by atoms with E-state index in [1.54, 1.807) is 0 Å². The van der Waals surface area contributed by atoms with Crippen LogP contribution in [0.5, 0.6) is 0 Å². The predicted molar refractivity (Wildman–Crippen MR) is 135 cm³/mol. The Hall–Kier alpha value is -1.88. The number of pyridine rings is 1. The number of aromatic nitrogens is 3. The van der Waals surface area contributed by atoms with Crippen LogP contribution in [0.4, 0.5) is 5.00 Å². The van der Waals surface area contributed by atoms with Crippen LogP contribution < -0.4 is 15.5 Å². The van der Waals surface area contributed by atoms with Gasteiger partial charge in [0.1, 0.15) is 5.82 Å². The maximum atomic E-state index is 4.78. The molecule has 0 amide bonds. The monoisotopic (exact) mass is 539 g/mol. The minimum atomic E-state index is 0. The Bertz CT molecular complexity index is 916. The number of guanidine groups is 1. The third-order valence-corrected chi connectivity index (χ3v) is 6.14. The first-order chi connectivity index (χ1) is 14.3. The van der Waals surface area contributed by atoms with E-state index < -0.39 is 0 Å². The lowest BCUT2D eigenvalue weighted by Crippen LogP contribution is -2.48. The number of halogens is 1. The number of hydrogen-bond donors (Lipinski definition) is 2. The van der Waals surface area contributed by atoms with Crippen molar-refractivity contribution >= 4 is 51.9 Å². The Labute approximate surface area is 199 Å². The Kier molecular flexibility index (Phi) is 8.74. The Balaban J connectivity index is 0.00000256. The highest BCUT2D eigenvalue weighted by Crippen LogP contribution is 2.24. The summed E-state index contributed by atoms with van der Waals surface area (Å²) in [5.41, 5.74) is 0.898. The van der Waals surface area contributed by atoms with E-state index in [0.29, 0.717) is 6.04 Å². The van der Waals surface area contributed by atoms with Gasteiger partial charge in [-0.25, -0.2) is 0 Å². The molecule has 0 atom stereocenters. The van der Waals surface area contributed by atoms with Gasteiger partial charge in [0.25, 0.3) is 0 Å². The van der Waals surface area contributed by atoms with Crippen LogP contribution in [0.15, 0.2) is 46.9 Å². The van der Waals surface area contributed by atoms with Crippen LogP contribution in [-0.2, 0) is 6.42 Å². The van der Waals surface area contributed by atoms with Crippen molar-refractivity contribution in [2.75, 3.05) is 31.1 Å². The van der Waals surface area contributed by atoms with E-state index in [4.69, 9.17) is 4.99 Å². The number of fused-ring (bicyclic) bond motifs is 1. The fourth-order valence-corrected chi connectivity index (χ4v) is 4.48. The van der Waals surface area contributed by atoms with Crippen LogP contribution >= 0.6 is 35.3 Å². The van der Waals surface area contributed by atoms with E-state index in [2.05, 4.69) is 54.6 Å². The van der Waals surface area contributed by atoms with Crippen LogP contribution in [-0.4, -0.2) is 52.8 Å². The number of rotatable bonds is 7. The number of anilines is 1. The summed E-state index contributed by atoms with van der Waals surface area (Å²) in [5.74, 6) is 1.92. The largest absolute Gasteiger partial charge is 0.363 e. The maximum Gasteiger partial charge on any atom is 0.191 e. The zero-order valence-electron chi connectivity index (χ0n) is 17.3. The van der Waals surface area contributed by atoms with Crippen molar-refractivity contribution in [2.45, 2.75) is 38.6 Å². The molecule has 1 fully saturated rings. The summed E-state index contributed by atoms with van der Waals surface area (Å²) in [4.78, 5) is 7.26. The maximum absolute atomic E-state index is 4.78. The van der Waals surface area contributed by atoms with E-state index in [9.17, 15) is 0 Å². The molecular weight excluding hydrogens is 509 g/mol. The molecule has 1 saturated heterocycles. The number of piperidine rings is 1. The Morgan fingerprint density at radius 3 is 2.83 bits per heavy atom. The molecule has 0 unspecified atom stereocenters. The second kappa shape index (κ2) is 11.5. The molecule has 2 N–H and O–H groups in total. The molecule has 0 aliphatic carbocycles. The van der Waals surface area contributed by atoms with Crippen LogP contribution in [0.3, 0.4) is 0 Å². The van der Waals surface area contributed by atoms with Crippen molar-refractivity contribution in [3.63, 3.8) is 0 Å². The lowest BCUT2D eigenvalue weighted by Gasteiger charge is -2.33. The minimum Gasteiger partial charge on any atom is -0.363 e. The fraction of sp³-hybridized carbons (Fsp3) is 0.476. The van der Waals surface area contributed by atoms with Crippen molar-refractivity contribution in [2.24, 2.45) is 4.99 Å². The molecule has 4 rings (SSSR count). The van der Waals surface area contributed by atoms with Gasteiger partial charge in [-0.2, -0.15) is 0 Å². The molecule has 1 aliphatic heterocycles. The molecule has 0 bridgehead atoms. The highest BCUT2D eigenvalue weighted by molar-refractivity contribution is 14.0. The zero-order valence-corrected chi connectivity index (χ0v) is 20.5. The van der Waals surface area contributed by atoms with Crippen LogP contribution in [0, 0.1) is 0 Å². The summed E-state index contributed by atoms with van der Waals surface area (Å²) in [5, 5.41) is 19.1. The second-order valence-electron chi connectivity index (χ2n) is 7.27. The van der Waals surface area contributed by atoms with Gasteiger partial charge in [-0.15, -0.1) is 45.5 Å². The number of nitrogens with zero attached hydrogens (tertiary/aromatic N) is 5. The first kappa shape index (κ1) is 22.8. The summed E-state index contributed by atoms with van der Waals surface area (Å²) in [6.45, 7) is 5.94. The third-order valence-electron chi connectivity index (χ3n) is 5.21. The first-order valence-corrected chi connectivity index (χ1v) is 11.3. The highest BCUT2D eigenvalue weighted by atomic mass is 127. The van der Waals surface area contributed by atoms with Crippen molar-refractivity contribution < 1.29 is 0 Å². The van der Waals surface area contributed by atoms with E-state index in [1.807, 2.05) is 35.7 Å². The molecule has 9 heteroatoms. The van der Waals surface area contributed by atoms with Gasteiger partial charge in [-0.1, -0.05) is 6.07 Å². The summed E-state index contributed by atoms with van der Waals surface area (Å²) >= 11 is 1.82.